The Morgan fingerprint density at radius 1 is 1.04 bits per heavy atom. The van der Waals surface area contributed by atoms with Crippen LogP contribution >= 0.6 is 0 Å². The molecular formula is C20H36N2O3. The Kier molecular flexibility index (Phi) is 5.94. The quantitative estimate of drug-likeness (QED) is 0.817. The van der Waals surface area contributed by atoms with Gasteiger partial charge in [0.2, 0.25) is 0 Å². The summed E-state index contributed by atoms with van der Waals surface area (Å²) in [4.78, 5) is 14.6. The molecule has 1 saturated heterocycles. The molecule has 0 spiro atoms. The maximum Gasteiger partial charge on any atom is 0.410 e. The van der Waals surface area contributed by atoms with Crippen LogP contribution in [0.15, 0.2) is 0 Å². The number of amides is 1. The highest BCUT2D eigenvalue weighted by molar-refractivity contribution is 5.69. The standard InChI is InChI=1S/C20H36N2O3/c1-20(2,3)25-19(24)22-13-5-8-18(22)16-6-4-7-17(16)21-14-9-11-15(23)12-10-14/h14-18,21,23H,4-13H2,1-3H3. The summed E-state index contributed by atoms with van der Waals surface area (Å²) in [7, 11) is 0. The van der Waals surface area contributed by atoms with Crippen LogP contribution in [-0.4, -0.2) is 52.5 Å². The highest BCUT2D eigenvalue weighted by Crippen LogP contribution is 2.37. The Labute approximate surface area is 152 Å². The number of hydrogen-bond acceptors (Lipinski definition) is 4. The van der Waals surface area contributed by atoms with E-state index in [1.54, 1.807) is 0 Å². The number of carbonyl (C=O) groups excluding carboxylic acids is 1. The topological polar surface area (TPSA) is 61.8 Å². The molecule has 0 aromatic heterocycles. The maximum atomic E-state index is 12.6. The fraction of sp³-hybridized carbons (Fsp3) is 0.950. The van der Waals surface area contributed by atoms with Gasteiger partial charge in [0.1, 0.15) is 5.60 Å². The van der Waals surface area contributed by atoms with Crippen LogP contribution in [0.5, 0.6) is 0 Å². The second-order valence-corrected chi connectivity index (χ2v) is 9.26. The van der Waals surface area contributed by atoms with Gasteiger partial charge in [-0.15, -0.1) is 0 Å². The Morgan fingerprint density at radius 3 is 2.44 bits per heavy atom. The van der Waals surface area contributed by atoms with Crippen LogP contribution in [-0.2, 0) is 4.74 Å². The van der Waals surface area contributed by atoms with Crippen molar-refractivity contribution in [2.45, 2.75) is 108 Å². The van der Waals surface area contributed by atoms with Gasteiger partial charge in [0, 0.05) is 24.7 Å². The average molecular weight is 353 g/mol. The zero-order valence-corrected chi connectivity index (χ0v) is 16.2. The summed E-state index contributed by atoms with van der Waals surface area (Å²) in [5.41, 5.74) is -0.430. The minimum absolute atomic E-state index is 0.102. The van der Waals surface area contributed by atoms with Gasteiger partial charge in [-0.2, -0.15) is 0 Å². The minimum Gasteiger partial charge on any atom is -0.444 e. The molecule has 3 atom stereocenters. The molecule has 144 valence electrons. The van der Waals surface area contributed by atoms with E-state index in [1.807, 2.05) is 25.7 Å². The zero-order chi connectivity index (χ0) is 18.0. The summed E-state index contributed by atoms with van der Waals surface area (Å²) in [6.45, 7) is 6.65. The monoisotopic (exact) mass is 352 g/mol. The highest BCUT2D eigenvalue weighted by Gasteiger charge is 2.42. The van der Waals surface area contributed by atoms with Crippen molar-refractivity contribution in [1.29, 1.82) is 0 Å². The second kappa shape index (κ2) is 7.83. The van der Waals surface area contributed by atoms with Crippen LogP contribution in [0.3, 0.4) is 0 Å². The fourth-order valence-electron chi connectivity index (χ4n) is 4.99. The van der Waals surface area contributed by atoms with Gasteiger partial charge in [0.15, 0.2) is 0 Å². The third-order valence-corrected chi connectivity index (χ3v) is 6.14. The summed E-state index contributed by atoms with van der Waals surface area (Å²) in [5.74, 6) is 0.543. The van der Waals surface area contributed by atoms with Gasteiger partial charge >= 0.3 is 6.09 Å². The van der Waals surface area contributed by atoms with Gasteiger partial charge in [-0.05, 0) is 78.1 Å². The number of nitrogens with one attached hydrogen (secondary N) is 1. The van der Waals surface area contributed by atoms with Crippen molar-refractivity contribution >= 4 is 6.09 Å². The van der Waals surface area contributed by atoms with Gasteiger partial charge < -0.3 is 20.1 Å². The lowest BCUT2D eigenvalue weighted by Gasteiger charge is -2.37. The van der Waals surface area contributed by atoms with Crippen molar-refractivity contribution in [2.24, 2.45) is 5.92 Å². The van der Waals surface area contributed by atoms with Crippen LogP contribution in [0.25, 0.3) is 0 Å². The molecule has 0 radical (unpaired) electrons. The van der Waals surface area contributed by atoms with Gasteiger partial charge in [-0.3, -0.25) is 0 Å². The SMILES string of the molecule is CC(C)(C)OC(=O)N1CCCC1C1CCCC1NC1CCC(O)CC1. The molecule has 2 aliphatic carbocycles. The van der Waals surface area contributed by atoms with E-state index in [9.17, 15) is 9.90 Å². The van der Waals surface area contributed by atoms with E-state index < -0.39 is 5.60 Å². The molecule has 3 aliphatic rings. The van der Waals surface area contributed by atoms with E-state index >= 15 is 0 Å². The number of rotatable bonds is 3. The molecule has 2 N–H and O–H groups in total. The van der Waals surface area contributed by atoms with E-state index in [4.69, 9.17) is 4.74 Å². The second-order valence-electron chi connectivity index (χ2n) is 9.26. The van der Waals surface area contributed by atoms with Gasteiger partial charge in [-0.1, -0.05) is 6.42 Å². The number of carbonyl (C=O) groups is 1. The predicted molar refractivity (Wildman–Crippen MR) is 98.5 cm³/mol. The van der Waals surface area contributed by atoms with Crippen molar-refractivity contribution in [3.63, 3.8) is 0 Å². The molecule has 5 heteroatoms. The molecular weight excluding hydrogens is 316 g/mol. The lowest BCUT2D eigenvalue weighted by molar-refractivity contribution is 0.0162. The smallest absolute Gasteiger partial charge is 0.410 e. The maximum absolute atomic E-state index is 12.6. The Hall–Kier alpha value is -0.810. The number of likely N-dealkylation sites (tertiary alicyclic amines) is 1. The van der Waals surface area contributed by atoms with Crippen LogP contribution in [0.2, 0.25) is 0 Å². The first-order valence-electron chi connectivity index (χ1n) is 10.3. The molecule has 1 aliphatic heterocycles. The molecule has 3 fully saturated rings. The highest BCUT2D eigenvalue weighted by atomic mass is 16.6. The molecule has 0 aromatic carbocycles. The van der Waals surface area contributed by atoms with E-state index in [0.717, 1.165) is 45.1 Å². The Balaban J connectivity index is 1.59. The number of nitrogens with zero attached hydrogens (tertiary/aromatic N) is 1. The largest absolute Gasteiger partial charge is 0.444 e. The molecule has 3 unspecified atom stereocenters. The third-order valence-electron chi connectivity index (χ3n) is 6.14. The molecule has 3 rings (SSSR count). The van der Waals surface area contributed by atoms with Crippen molar-refractivity contribution in [3.05, 3.63) is 0 Å². The van der Waals surface area contributed by atoms with Gasteiger partial charge in [0.25, 0.3) is 0 Å². The Morgan fingerprint density at radius 2 is 1.76 bits per heavy atom. The summed E-state index contributed by atoms with van der Waals surface area (Å²) in [6.07, 6.45) is 9.60. The first-order valence-corrected chi connectivity index (χ1v) is 10.3. The first-order chi connectivity index (χ1) is 11.8. The summed E-state index contributed by atoms with van der Waals surface area (Å²) in [5, 5.41) is 13.6. The first kappa shape index (κ1) is 19.0. The van der Waals surface area contributed by atoms with Crippen molar-refractivity contribution in [3.8, 4) is 0 Å². The normalized spacial score (nSPS) is 36.6. The molecule has 2 saturated carbocycles. The average Bonchev–Trinajstić information content (AvgIpc) is 3.16. The molecule has 25 heavy (non-hydrogen) atoms. The molecule has 5 nitrogen and oxygen atoms in total. The number of aliphatic hydroxyl groups excluding tert-OH is 1. The minimum atomic E-state index is -0.430. The predicted octanol–water partition coefficient (Wildman–Crippen LogP) is 3.45. The lowest BCUT2D eigenvalue weighted by atomic mass is 9.89. The molecule has 0 aromatic rings. The molecule has 1 heterocycles. The summed E-state index contributed by atoms with van der Waals surface area (Å²) < 4.78 is 5.65. The van der Waals surface area contributed by atoms with Crippen molar-refractivity contribution < 1.29 is 14.6 Å². The third kappa shape index (κ3) is 4.88. The van der Waals surface area contributed by atoms with Crippen molar-refractivity contribution in [1.82, 2.24) is 10.2 Å². The van der Waals surface area contributed by atoms with Gasteiger partial charge in [0.05, 0.1) is 6.10 Å². The zero-order valence-electron chi connectivity index (χ0n) is 16.2. The summed E-state index contributed by atoms with van der Waals surface area (Å²) in [6, 6.07) is 1.36. The molecule has 1 amide bonds. The number of hydrogen-bond donors (Lipinski definition) is 2. The summed E-state index contributed by atoms with van der Waals surface area (Å²) >= 11 is 0. The van der Waals surface area contributed by atoms with E-state index in [-0.39, 0.29) is 12.2 Å². The lowest BCUT2D eigenvalue weighted by Crippen LogP contribution is -2.50. The van der Waals surface area contributed by atoms with Crippen molar-refractivity contribution in [2.75, 3.05) is 6.54 Å². The van der Waals surface area contributed by atoms with Crippen LogP contribution in [0.4, 0.5) is 4.79 Å². The van der Waals surface area contributed by atoms with Crippen LogP contribution < -0.4 is 5.32 Å². The Bertz CT molecular complexity index is 454. The molecule has 0 bridgehead atoms. The van der Waals surface area contributed by atoms with E-state index in [0.29, 0.717) is 24.0 Å². The number of ether oxygens (including phenoxy) is 1. The van der Waals surface area contributed by atoms with Gasteiger partial charge in [-0.25, -0.2) is 4.79 Å². The number of aliphatic hydroxyl groups is 1. The van der Waals surface area contributed by atoms with E-state index in [2.05, 4.69) is 5.32 Å². The van der Waals surface area contributed by atoms with E-state index in [1.165, 1.54) is 19.3 Å². The van der Waals surface area contributed by atoms with Crippen LogP contribution in [0, 0.1) is 5.92 Å². The van der Waals surface area contributed by atoms with Crippen LogP contribution in [0.1, 0.15) is 78.6 Å². The fourth-order valence-corrected chi connectivity index (χ4v) is 4.99.